The Kier molecular flexibility index (Phi) is 4.09. The third-order valence-electron chi connectivity index (χ3n) is 2.41. The zero-order valence-corrected chi connectivity index (χ0v) is 11.0. The monoisotopic (exact) mass is 286 g/mol. The molecule has 1 aliphatic carbocycles. The number of hydrogen-bond donors (Lipinski definition) is 2. The van der Waals surface area contributed by atoms with Gasteiger partial charge in [0, 0.05) is 21.8 Å². The first-order valence-electron chi connectivity index (χ1n) is 5.58. The van der Waals surface area contributed by atoms with Gasteiger partial charge in [-0.25, -0.2) is 0 Å². The highest BCUT2D eigenvalue weighted by Gasteiger charge is 2.24. The number of nitrogens with one attached hydrogen (secondary N) is 2. The second kappa shape index (κ2) is 5.59. The molecule has 1 aliphatic rings. The van der Waals surface area contributed by atoms with Crippen molar-refractivity contribution in [2.75, 3.05) is 5.32 Å². The Hall–Kier alpha value is -1.26. The smallest absolute Gasteiger partial charge is 0.233 e. The standard InChI is InChI=1S/C12H12Cl2N2O2/c13-7-3-8(14)5-10(4-7)16-12(18)6-11(17)15-9-1-2-9/h3-5,9H,1-2,6H2,(H,15,17)(H,16,18). The van der Waals surface area contributed by atoms with Crippen molar-refractivity contribution in [3.8, 4) is 0 Å². The molecule has 0 saturated heterocycles. The van der Waals surface area contributed by atoms with Gasteiger partial charge in [-0.15, -0.1) is 0 Å². The quantitative estimate of drug-likeness (QED) is 0.836. The maximum atomic E-state index is 11.6. The lowest BCUT2D eigenvalue weighted by Crippen LogP contribution is -2.29. The summed E-state index contributed by atoms with van der Waals surface area (Å²) in [5.74, 6) is -0.644. The maximum Gasteiger partial charge on any atom is 0.233 e. The topological polar surface area (TPSA) is 58.2 Å². The van der Waals surface area contributed by atoms with Crippen LogP contribution in [-0.2, 0) is 9.59 Å². The van der Waals surface area contributed by atoms with E-state index in [2.05, 4.69) is 10.6 Å². The molecule has 0 unspecified atom stereocenters. The molecule has 0 radical (unpaired) electrons. The Balaban J connectivity index is 1.87. The van der Waals surface area contributed by atoms with E-state index in [-0.39, 0.29) is 24.3 Å². The fraction of sp³-hybridized carbons (Fsp3) is 0.333. The Morgan fingerprint density at radius 2 is 1.72 bits per heavy atom. The third-order valence-corrected chi connectivity index (χ3v) is 2.85. The molecule has 0 heterocycles. The molecule has 0 bridgehead atoms. The molecule has 1 aromatic carbocycles. The predicted octanol–water partition coefficient (Wildman–Crippen LogP) is 2.60. The molecule has 2 rings (SSSR count). The summed E-state index contributed by atoms with van der Waals surface area (Å²) in [4.78, 5) is 23.0. The average molecular weight is 287 g/mol. The number of anilines is 1. The van der Waals surface area contributed by atoms with E-state index in [1.807, 2.05) is 0 Å². The minimum Gasteiger partial charge on any atom is -0.353 e. The van der Waals surface area contributed by atoms with Gasteiger partial charge in [-0.1, -0.05) is 23.2 Å². The summed E-state index contributed by atoms with van der Waals surface area (Å²) in [6.45, 7) is 0. The fourth-order valence-electron chi connectivity index (χ4n) is 1.48. The van der Waals surface area contributed by atoms with E-state index in [4.69, 9.17) is 23.2 Å². The molecule has 18 heavy (non-hydrogen) atoms. The zero-order valence-electron chi connectivity index (χ0n) is 9.50. The van der Waals surface area contributed by atoms with Crippen LogP contribution in [0.1, 0.15) is 19.3 Å². The van der Waals surface area contributed by atoms with E-state index >= 15 is 0 Å². The summed E-state index contributed by atoms with van der Waals surface area (Å²) < 4.78 is 0. The highest BCUT2D eigenvalue weighted by Crippen LogP contribution is 2.22. The minimum atomic E-state index is -0.383. The van der Waals surface area contributed by atoms with Crippen LogP contribution in [0.15, 0.2) is 18.2 Å². The molecule has 0 aromatic heterocycles. The largest absolute Gasteiger partial charge is 0.353 e. The van der Waals surface area contributed by atoms with Gasteiger partial charge in [0.25, 0.3) is 0 Å². The van der Waals surface area contributed by atoms with E-state index in [0.717, 1.165) is 12.8 Å². The molecule has 4 nitrogen and oxygen atoms in total. The van der Waals surface area contributed by atoms with Crippen molar-refractivity contribution in [2.45, 2.75) is 25.3 Å². The Bertz CT molecular complexity index is 467. The van der Waals surface area contributed by atoms with Crippen molar-refractivity contribution in [2.24, 2.45) is 0 Å². The summed E-state index contributed by atoms with van der Waals surface area (Å²) >= 11 is 11.6. The van der Waals surface area contributed by atoms with E-state index in [0.29, 0.717) is 15.7 Å². The van der Waals surface area contributed by atoms with Gasteiger partial charge in [-0.3, -0.25) is 9.59 Å². The molecule has 1 saturated carbocycles. The van der Waals surface area contributed by atoms with Gasteiger partial charge in [0.1, 0.15) is 6.42 Å². The summed E-state index contributed by atoms with van der Waals surface area (Å²) in [5.41, 5.74) is 0.483. The SMILES string of the molecule is O=C(CC(=O)NC1CC1)Nc1cc(Cl)cc(Cl)c1. The highest BCUT2D eigenvalue weighted by atomic mass is 35.5. The van der Waals surface area contributed by atoms with Gasteiger partial charge in [0.15, 0.2) is 0 Å². The van der Waals surface area contributed by atoms with Crippen LogP contribution in [0.5, 0.6) is 0 Å². The molecular weight excluding hydrogens is 275 g/mol. The summed E-state index contributed by atoms with van der Waals surface area (Å²) in [6, 6.07) is 4.97. The van der Waals surface area contributed by atoms with Crippen LogP contribution in [0.3, 0.4) is 0 Å². The van der Waals surface area contributed by atoms with Crippen LogP contribution in [0.25, 0.3) is 0 Å². The second-order valence-electron chi connectivity index (χ2n) is 4.22. The van der Waals surface area contributed by atoms with Crippen molar-refractivity contribution in [1.82, 2.24) is 5.32 Å². The Morgan fingerprint density at radius 1 is 1.11 bits per heavy atom. The summed E-state index contributed by atoms with van der Waals surface area (Å²) in [5, 5.41) is 6.18. The van der Waals surface area contributed by atoms with Gasteiger partial charge >= 0.3 is 0 Å². The highest BCUT2D eigenvalue weighted by molar-refractivity contribution is 6.35. The number of carbonyl (C=O) groups excluding carboxylic acids is 2. The molecule has 0 aliphatic heterocycles. The van der Waals surface area contributed by atoms with Crippen LogP contribution < -0.4 is 10.6 Å². The lowest BCUT2D eigenvalue weighted by molar-refractivity contribution is -0.126. The normalized spacial score (nSPS) is 14.1. The van der Waals surface area contributed by atoms with Crippen LogP contribution in [-0.4, -0.2) is 17.9 Å². The number of benzene rings is 1. The van der Waals surface area contributed by atoms with Crippen LogP contribution in [0, 0.1) is 0 Å². The number of hydrogen-bond acceptors (Lipinski definition) is 2. The first-order chi connectivity index (χ1) is 8.52. The number of rotatable bonds is 4. The van der Waals surface area contributed by atoms with Crippen molar-refractivity contribution < 1.29 is 9.59 Å². The van der Waals surface area contributed by atoms with Gasteiger partial charge < -0.3 is 10.6 Å². The van der Waals surface area contributed by atoms with E-state index < -0.39 is 0 Å². The first-order valence-corrected chi connectivity index (χ1v) is 6.34. The second-order valence-corrected chi connectivity index (χ2v) is 5.10. The third kappa shape index (κ3) is 4.20. The molecule has 0 spiro atoms. The van der Waals surface area contributed by atoms with Gasteiger partial charge in [0.05, 0.1) is 0 Å². The molecule has 1 fully saturated rings. The predicted molar refractivity (Wildman–Crippen MR) is 70.9 cm³/mol. The molecule has 2 amide bonds. The minimum absolute atomic E-state index is 0.194. The molecule has 96 valence electrons. The summed E-state index contributed by atoms with van der Waals surface area (Å²) in [6.07, 6.45) is 1.80. The molecule has 0 atom stereocenters. The van der Waals surface area contributed by atoms with Crippen LogP contribution >= 0.6 is 23.2 Å². The van der Waals surface area contributed by atoms with Gasteiger partial charge in [0.2, 0.25) is 11.8 Å². The van der Waals surface area contributed by atoms with Crippen LogP contribution in [0.4, 0.5) is 5.69 Å². The van der Waals surface area contributed by atoms with Crippen molar-refractivity contribution in [3.63, 3.8) is 0 Å². The molecular formula is C12H12Cl2N2O2. The van der Waals surface area contributed by atoms with Crippen molar-refractivity contribution >= 4 is 40.7 Å². The van der Waals surface area contributed by atoms with E-state index in [1.54, 1.807) is 18.2 Å². The molecule has 1 aromatic rings. The first kappa shape index (κ1) is 13.2. The van der Waals surface area contributed by atoms with Gasteiger partial charge in [-0.05, 0) is 31.0 Å². The van der Waals surface area contributed by atoms with Gasteiger partial charge in [-0.2, -0.15) is 0 Å². The Labute approximate surface area is 115 Å². The number of amides is 2. The lowest BCUT2D eigenvalue weighted by atomic mass is 10.3. The molecule has 2 N–H and O–H groups in total. The van der Waals surface area contributed by atoms with E-state index in [9.17, 15) is 9.59 Å². The lowest BCUT2D eigenvalue weighted by Gasteiger charge is -2.06. The van der Waals surface area contributed by atoms with Crippen molar-refractivity contribution in [1.29, 1.82) is 0 Å². The van der Waals surface area contributed by atoms with Crippen LogP contribution in [0.2, 0.25) is 10.0 Å². The number of carbonyl (C=O) groups is 2. The van der Waals surface area contributed by atoms with Crippen molar-refractivity contribution in [3.05, 3.63) is 28.2 Å². The molecule has 6 heteroatoms. The average Bonchev–Trinajstić information content (AvgIpc) is 2.98. The van der Waals surface area contributed by atoms with E-state index in [1.165, 1.54) is 0 Å². The zero-order chi connectivity index (χ0) is 13.1. The number of halogens is 2. The Morgan fingerprint density at radius 3 is 2.28 bits per heavy atom. The maximum absolute atomic E-state index is 11.6. The fourth-order valence-corrected chi connectivity index (χ4v) is 2.01. The summed E-state index contributed by atoms with van der Waals surface area (Å²) in [7, 11) is 0.